The summed E-state index contributed by atoms with van der Waals surface area (Å²) in [6.45, 7) is 2.26. The predicted octanol–water partition coefficient (Wildman–Crippen LogP) is 4.90. The van der Waals surface area contributed by atoms with Crippen molar-refractivity contribution in [1.82, 2.24) is 0 Å². The molecule has 1 aliphatic heterocycles. The van der Waals surface area contributed by atoms with Crippen LogP contribution in [-0.2, 0) is 0 Å². The van der Waals surface area contributed by atoms with Crippen LogP contribution in [0.4, 0.5) is 26.3 Å². The Morgan fingerprint density at radius 2 is 1.83 bits per heavy atom. The molecule has 1 aliphatic rings. The molecule has 2 rings (SSSR count). The quantitative estimate of drug-likeness (QED) is 0.572. The molecule has 0 spiro atoms. The van der Waals surface area contributed by atoms with Gasteiger partial charge in [0.15, 0.2) is 5.78 Å². The number of fused-ring (bicyclic) bond motifs is 1. The summed E-state index contributed by atoms with van der Waals surface area (Å²) >= 11 is 0. The highest BCUT2D eigenvalue weighted by Crippen LogP contribution is 2.45. The third-order valence-corrected chi connectivity index (χ3v) is 3.53. The van der Waals surface area contributed by atoms with E-state index in [1.165, 1.54) is 6.92 Å². The molecule has 0 aromatic heterocycles. The molecule has 24 heavy (non-hydrogen) atoms. The average Bonchev–Trinajstić information content (AvgIpc) is 2.42. The zero-order valence-corrected chi connectivity index (χ0v) is 12.5. The van der Waals surface area contributed by atoms with Crippen molar-refractivity contribution < 1.29 is 40.6 Å². The second kappa shape index (κ2) is 5.71. The van der Waals surface area contributed by atoms with Gasteiger partial charge in [0.25, 0.3) is 0 Å². The highest BCUT2D eigenvalue weighted by atomic mass is 19.4. The first-order valence-electron chi connectivity index (χ1n) is 6.78. The van der Waals surface area contributed by atoms with Crippen LogP contribution in [0.25, 0.3) is 6.08 Å². The van der Waals surface area contributed by atoms with E-state index >= 15 is 0 Å². The zero-order chi connectivity index (χ0) is 18.3. The highest BCUT2D eigenvalue weighted by Gasteiger charge is 2.56. The Morgan fingerprint density at radius 1 is 1.21 bits per heavy atom. The first-order chi connectivity index (χ1) is 10.9. The van der Waals surface area contributed by atoms with Crippen LogP contribution < -0.4 is 9.47 Å². The van der Waals surface area contributed by atoms with Gasteiger partial charge in [-0.1, -0.05) is 13.0 Å². The second-order valence-electron chi connectivity index (χ2n) is 5.17. The maximum Gasteiger partial charge on any atom is 0.573 e. The van der Waals surface area contributed by atoms with Gasteiger partial charge in [0.1, 0.15) is 11.5 Å². The molecule has 3 nitrogen and oxygen atoms in total. The number of carbonyl (C=O) groups is 1. The number of rotatable bonds is 3. The number of ketones is 1. The molecular weight excluding hydrogens is 342 g/mol. The van der Waals surface area contributed by atoms with Crippen LogP contribution in [0.15, 0.2) is 18.2 Å². The lowest BCUT2D eigenvalue weighted by Crippen LogP contribution is -2.49. The molecule has 1 aromatic carbocycles. The number of ether oxygens (including phenoxy) is 2. The van der Waals surface area contributed by atoms with Crippen molar-refractivity contribution in [2.45, 2.75) is 38.4 Å². The Hall–Kier alpha value is -2.19. The van der Waals surface area contributed by atoms with Gasteiger partial charge in [-0.25, -0.2) is 0 Å². The van der Waals surface area contributed by atoms with Gasteiger partial charge in [-0.2, -0.15) is 13.2 Å². The van der Waals surface area contributed by atoms with Crippen molar-refractivity contribution in [2.75, 3.05) is 0 Å². The van der Waals surface area contributed by atoms with Crippen molar-refractivity contribution in [1.29, 1.82) is 0 Å². The van der Waals surface area contributed by atoms with Crippen molar-refractivity contribution in [3.8, 4) is 11.5 Å². The minimum absolute atomic E-state index is 0.102. The van der Waals surface area contributed by atoms with Crippen LogP contribution in [-0.4, -0.2) is 23.9 Å². The lowest BCUT2D eigenvalue weighted by Gasteiger charge is -2.36. The minimum atomic E-state index is -5.00. The molecule has 0 radical (unpaired) electrons. The number of hydrogen-bond donors (Lipinski definition) is 0. The number of halogens is 6. The van der Waals surface area contributed by atoms with E-state index in [1.54, 1.807) is 0 Å². The summed E-state index contributed by atoms with van der Waals surface area (Å²) in [6, 6.07) is 1.58. The fraction of sp³-hybridized carbons (Fsp3) is 0.400. The standard InChI is InChI=1S/C15H12F6O3/c1-3-13(14(16,17)18)5-4-9-6-10(23-15(19,20)21)7-11(8(2)22)12(9)24-13/h4-7H,3H2,1-2H3. The van der Waals surface area contributed by atoms with Gasteiger partial charge in [0.2, 0.25) is 5.60 Å². The lowest BCUT2D eigenvalue weighted by molar-refractivity contribution is -0.274. The molecule has 1 atom stereocenters. The van der Waals surface area contributed by atoms with Gasteiger partial charge in [0, 0.05) is 5.56 Å². The molecule has 0 saturated heterocycles. The van der Waals surface area contributed by atoms with Gasteiger partial charge in [-0.05, 0) is 31.6 Å². The molecule has 1 unspecified atom stereocenters. The summed E-state index contributed by atoms with van der Waals surface area (Å²) in [6.07, 6.45) is -8.53. The first kappa shape index (κ1) is 18.2. The van der Waals surface area contributed by atoms with E-state index < -0.39 is 47.4 Å². The number of hydrogen-bond acceptors (Lipinski definition) is 3. The molecule has 0 N–H and O–H groups in total. The van der Waals surface area contributed by atoms with Crippen LogP contribution >= 0.6 is 0 Å². The molecule has 1 heterocycles. The maximum atomic E-state index is 13.3. The molecular formula is C15H12F6O3. The Kier molecular flexibility index (Phi) is 4.32. The van der Waals surface area contributed by atoms with Gasteiger partial charge >= 0.3 is 12.5 Å². The number of alkyl halides is 6. The summed E-state index contributed by atoms with van der Waals surface area (Å²) in [5.74, 6) is -1.88. The van der Waals surface area contributed by atoms with Crippen LogP contribution in [0, 0.1) is 0 Å². The van der Waals surface area contributed by atoms with Crippen molar-refractivity contribution in [3.63, 3.8) is 0 Å². The SMILES string of the molecule is CCC1(C(F)(F)F)C=Cc2cc(OC(F)(F)F)cc(C(C)=O)c2O1. The molecule has 0 aliphatic carbocycles. The normalized spacial score (nSPS) is 20.3. The molecule has 132 valence electrons. The monoisotopic (exact) mass is 354 g/mol. The Morgan fingerprint density at radius 3 is 2.29 bits per heavy atom. The van der Waals surface area contributed by atoms with Crippen LogP contribution in [0.1, 0.15) is 36.2 Å². The van der Waals surface area contributed by atoms with Gasteiger partial charge < -0.3 is 9.47 Å². The second-order valence-corrected chi connectivity index (χ2v) is 5.17. The van der Waals surface area contributed by atoms with E-state index in [9.17, 15) is 31.1 Å². The fourth-order valence-corrected chi connectivity index (χ4v) is 2.30. The summed E-state index contributed by atoms with van der Waals surface area (Å²) in [5.41, 5.74) is -3.16. The van der Waals surface area contributed by atoms with Crippen molar-refractivity contribution >= 4 is 11.9 Å². The Balaban J connectivity index is 2.58. The molecule has 0 fully saturated rings. The van der Waals surface area contributed by atoms with E-state index in [-0.39, 0.29) is 5.56 Å². The van der Waals surface area contributed by atoms with E-state index in [2.05, 4.69) is 4.74 Å². The maximum absolute atomic E-state index is 13.3. The van der Waals surface area contributed by atoms with Gasteiger partial charge in [-0.15, -0.1) is 13.2 Å². The zero-order valence-electron chi connectivity index (χ0n) is 12.5. The van der Waals surface area contributed by atoms with Crippen LogP contribution in [0.3, 0.4) is 0 Å². The summed E-state index contributed by atoms with van der Waals surface area (Å²) in [5, 5.41) is 0. The number of benzene rings is 1. The summed E-state index contributed by atoms with van der Waals surface area (Å²) in [4.78, 5) is 11.7. The summed E-state index contributed by atoms with van der Waals surface area (Å²) < 4.78 is 85.7. The van der Waals surface area contributed by atoms with Crippen molar-refractivity contribution in [2.24, 2.45) is 0 Å². The predicted molar refractivity (Wildman–Crippen MR) is 71.9 cm³/mol. The van der Waals surface area contributed by atoms with E-state index in [0.717, 1.165) is 25.1 Å². The van der Waals surface area contributed by atoms with Gasteiger partial charge in [-0.3, -0.25) is 4.79 Å². The number of carbonyl (C=O) groups excluding carboxylic acids is 1. The van der Waals surface area contributed by atoms with Crippen LogP contribution in [0.5, 0.6) is 11.5 Å². The van der Waals surface area contributed by atoms with Gasteiger partial charge in [0.05, 0.1) is 5.56 Å². The molecule has 1 aromatic rings. The van der Waals surface area contributed by atoms with Crippen molar-refractivity contribution in [3.05, 3.63) is 29.3 Å². The average molecular weight is 354 g/mol. The van der Waals surface area contributed by atoms with E-state index in [4.69, 9.17) is 4.74 Å². The smallest absolute Gasteiger partial charge is 0.472 e. The van der Waals surface area contributed by atoms with E-state index in [1.807, 2.05) is 0 Å². The molecule has 0 amide bonds. The highest BCUT2D eigenvalue weighted by molar-refractivity contribution is 5.98. The minimum Gasteiger partial charge on any atom is -0.472 e. The molecule has 0 saturated carbocycles. The molecule has 9 heteroatoms. The summed E-state index contributed by atoms with van der Waals surface area (Å²) in [7, 11) is 0. The molecule has 0 bridgehead atoms. The number of Topliss-reactive ketones (excluding diaryl/α,β-unsaturated/α-hetero) is 1. The third kappa shape index (κ3) is 3.34. The topological polar surface area (TPSA) is 35.5 Å². The lowest BCUT2D eigenvalue weighted by atomic mass is 9.93. The fourth-order valence-electron chi connectivity index (χ4n) is 2.30. The Bertz CT molecular complexity index is 690. The largest absolute Gasteiger partial charge is 0.573 e. The Labute approximate surface area is 132 Å². The van der Waals surface area contributed by atoms with Crippen LogP contribution in [0.2, 0.25) is 0 Å². The van der Waals surface area contributed by atoms with E-state index in [0.29, 0.717) is 6.07 Å². The first-order valence-corrected chi connectivity index (χ1v) is 6.78. The third-order valence-electron chi connectivity index (χ3n) is 3.53.